The van der Waals surface area contributed by atoms with Crippen molar-refractivity contribution in [3.63, 3.8) is 0 Å². The van der Waals surface area contributed by atoms with Crippen LogP contribution in [0.25, 0.3) is 21.8 Å². The summed E-state index contributed by atoms with van der Waals surface area (Å²) in [6, 6.07) is 12.7. The van der Waals surface area contributed by atoms with Gasteiger partial charge < -0.3 is 5.32 Å². The van der Waals surface area contributed by atoms with Crippen LogP contribution in [-0.4, -0.2) is 22.6 Å². The maximum Gasteiger partial charge on any atom is 0.280 e. The van der Waals surface area contributed by atoms with Gasteiger partial charge in [0.05, 0.1) is 27.8 Å². The summed E-state index contributed by atoms with van der Waals surface area (Å²) in [7, 11) is 0. The molecule has 1 atom stereocenters. The number of benzene rings is 2. The quantitative estimate of drug-likeness (QED) is 0.219. The van der Waals surface area contributed by atoms with Gasteiger partial charge in [-0.05, 0) is 32.0 Å². The first-order chi connectivity index (χ1) is 12.1. The number of para-hydroxylation sites is 1. The summed E-state index contributed by atoms with van der Waals surface area (Å²) in [6.45, 7) is 5.06. The van der Waals surface area contributed by atoms with Gasteiger partial charge in [0, 0.05) is 11.5 Å². The van der Waals surface area contributed by atoms with Crippen LogP contribution in [0.1, 0.15) is 26.7 Å². The van der Waals surface area contributed by atoms with E-state index in [4.69, 9.17) is 0 Å². The first kappa shape index (κ1) is 17.1. The van der Waals surface area contributed by atoms with Crippen LogP contribution in [0.4, 0.5) is 11.4 Å². The van der Waals surface area contributed by atoms with Gasteiger partial charge in [-0.25, -0.2) is 4.98 Å². The lowest BCUT2D eigenvalue weighted by Crippen LogP contribution is -2.34. The fourth-order valence-electron chi connectivity index (χ4n) is 2.99. The molecule has 0 saturated heterocycles. The van der Waals surface area contributed by atoms with Crippen LogP contribution in [0.2, 0.25) is 0 Å². The van der Waals surface area contributed by atoms with Crippen molar-refractivity contribution in [2.75, 3.05) is 11.9 Å². The lowest BCUT2D eigenvalue weighted by Gasteiger charge is -2.20. The SMILES string of the molecule is CCCCNC(C)Nc1c2ccccc2nc2cccc([N+](=O)[O-])c12. The van der Waals surface area contributed by atoms with Crippen molar-refractivity contribution in [2.45, 2.75) is 32.9 Å². The molecular weight excluding hydrogens is 316 g/mol. The molecule has 0 saturated carbocycles. The maximum atomic E-state index is 11.5. The average molecular weight is 338 g/mol. The average Bonchev–Trinajstić information content (AvgIpc) is 2.61. The molecule has 0 aliphatic heterocycles. The van der Waals surface area contributed by atoms with E-state index in [2.05, 4.69) is 22.5 Å². The van der Waals surface area contributed by atoms with E-state index in [1.807, 2.05) is 37.3 Å². The molecule has 0 amide bonds. The number of anilines is 1. The van der Waals surface area contributed by atoms with Crippen molar-refractivity contribution in [1.82, 2.24) is 10.3 Å². The third-order valence-corrected chi connectivity index (χ3v) is 4.22. The van der Waals surface area contributed by atoms with Gasteiger partial charge >= 0.3 is 0 Å². The summed E-state index contributed by atoms with van der Waals surface area (Å²) in [5.74, 6) is 0. The molecule has 0 spiro atoms. The molecule has 1 aromatic heterocycles. The van der Waals surface area contributed by atoms with Crippen molar-refractivity contribution in [3.8, 4) is 0 Å². The Kier molecular flexibility index (Phi) is 5.09. The molecule has 25 heavy (non-hydrogen) atoms. The van der Waals surface area contributed by atoms with E-state index in [1.54, 1.807) is 6.07 Å². The number of nitrogens with zero attached hydrogens (tertiary/aromatic N) is 2. The zero-order valence-corrected chi connectivity index (χ0v) is 14.5. The predicted molar refractivity (Wildman–Crippen MR) is 102 cm³/mol. The normalized spacial score (nSPS) is 12.4. The highest BCUT2D eigenvalue weighted by molar-refractivity contribution is 6.11. The second-order valence-electron chi connectivity index (χ2n) is 6.11. The Hall–Kier alpha value is -2.73. The minimum Gasteiger partial charge on any atom is -0.369 e. The summed E-state index contributed by atoms with van der Waals surface area (Å²) in [4.78, 5) is 15.8. The number of non-ortho nitro benzene ring substituents is 1. The van der Waals surface area contributed by atoms with Gasteiger partial charge in [-0.15, -0.1) is 0 Å². The molecule has 2 aromatic carbocycles. The first-order valence-corrected chi connectivity index (χ1v) is 8.57. The topological polar surface area (TPSA) is 80.1 Å². The third kappa shape index (κ3) is 3.53. The number of nitro groups is 1. The summed E-state index contributed by atoms with van der Waals surface area (Å²) in [5, 5.41) is 19.8. The molecule has 0 aliphatic carbocycles. The highest BCUT2D eigenvalue weighted by Crippen LogP contribution is 2.36. The molecule has 0 fully saturated rings. The number of nitro benzene ring substituents is 1. The molecule has 1 unspecified atom stereocenters. The van der Waals surface area contributed by atoms with Crippen LogP contribution in [0.15, 0.2) is 42.5 Å². The molecular formula is C19H22N4O2. The van der Waals surface area contributed by atoms with E-state index >= 15 is 0 Å². The van der Waals surface area contributed by atoms with Gasteiger partial charge in [0.15, 0.2) is 0 Å². The highest BCUT2D eigenvalue weighted by atomic mass is 16.6. The van der Waals surface area contributed by atoms with Crippen LogP contribution < -0.4 is 10.6 Å². The van der Waals surface area contributed by atoms with Gasteiger partial charge in [-0.2, -0.15) is 0 Å². The van der Waals surface area contributed by atoms with Crippen LogP contribution in [0.5, 0.6) is 0 Å². The number of aromatic nitrogens is 1. The Balaban J connectivity index is 2.15. The molecule has 1 heterocycles. The smallest absolute Gasteiger partial charge is 0.280 e. The zero-order valence-electron chi connectivity index (χ0n) is 14.5. The fourth-order valence-corrected chi connectivity index (χ4v) is 2.99. The van der Waals surface area contributed by atoms with Gasteiger partial charge in [0.2, 0.25) is 0 Å². The van der Waals surface area contributed by atoms with Crippen molar-refractivity contribution >= 4 is 33.2 Å². The van der Waals surface area contributed by atoms with Crippen LogP contribution in [0.3, 0.4) is 0 Å². The van der Waals surface area contributed by atoms with Crippen LogP contribution >= 0.6 is 0 Å². The molecule has 6 nitrogen and oxygen atoms in total. The van der Waals surface area contributed by atoms with Crippen molar-refractivity contribution in [2.24, 2.45) is 0 Å². The van der Waals surface area contributed by atoms with Crippen LogP contribution in [0, 0.1) is 10.1 Å². The van der Waals surface area contributed by atoms with E-state index in [0.717, 1.165) is 36.0 Å². The van der Waals surface area contributed by atoms with Gasteiger partial charge in [-0.3, -0.25) is 15.4 Å². The Morgan fingerprint density at radius 3 is 2.68 bits per heavy atom. The lowest BCUT2D eigenvalue weighted by atomic mass is 10.1. The first-order valence-electron chi connectivity index (χ1n) is 8.57. The molecule has 0 radical (unpaired) electrons. The zero-order chi connectivity index (χ0) is 17.8. The largest absolute Gasteiger partial charge is 0.369 e. The van der Waals surface area contributed by atoms with Crippen molar-refractivity contribution in [3.05, 3.63) is 52.6 Å². The Morgan fingerprint density at radius 1 is 1.16 bits per heavy atom. The molecule has 3 aromatic rings. The van der Waals surface area contributed by atoms with Crippen LogP contribution in [-0.2, 0) is 0 Å². The number of rotatable bonds is 7. The number of fused-ring (bicyclic) bond motifs is 2. The van der Waals surface area contributed by atoms with Crippen molar-refractivity contribution < 1.29 is 4.92 Å². The number of unbranched alkanes of at least 4 members (excludes halogenated alkanes) is 1. The number of nitrogens with one attached hydrogen (secondary N) is 2. The predicted octanol–water partition coefficient (Wildman–Crippen LogP) is 4.44. The molecule has 6 heteroatoms. The Labute approximate surface area is 146 Å². The summed E-state index contributed by atoms with van der Waals surface area (Å²) in [5.41, 5.74) is 2.26. The third-order valence-electron chi connectivity index (χ3n) is 4.22. The minimum atomic E-state index is -0.348. The van der Waals surface area contributed by atoms with Crippen molar-refractivity contribution in [1.29, 1.82) is 0 Å². The second-order valence-corrected chi connectivity index (χ2v) is 6.11. The number of hydrogen-bond donors (Lipinski definition) is 2. The highest BCUT2D eigenvalue weighted by Gasteiger charge is 2.19. The molecule has 2 N–H and O–H groups in total. The van der Waals surface area contributed by atoms with E-state index in [9.17, 15) is 10.1 Å². The molecule has 0 bridgehead atoms. The van der Waals surface area contributed by atoms with Gasteiger partial charge in [0.1, 0.15) is 5.39 Å². The standard InChI is InChI=1S/C19H22N4O2/c1-3-4-12-20-13(2)21-19-14-8-5-6-9-15(14)22-16-10-7-11-17(18(16)19)23(24)25/h5-11,13,20H,3-4,12H2,1-2H3,(H,21,22). The van der Waals surface area contributed by atoms with Gasteiger partial charge in [-0.1, -0.05) is 37.6 Å². The molecule has 0 aliphatic rings. The summed E-state index contributed by atoms with van der Waals surface area (Å²) >= 11 is 0. The maximum absolute atomic E-state index is 11.5. The van der Waals surface area contributed by atoms with Gasteiger partial charge in [0.25, 0.3) is 5.69 Å². The molecule has 130 valence electrons. The fraction of sp³-hybridized carbons (Fsp3) is 0.316. The monoisotopic (exact) mass is 338 g/mol. The lowest BCUT2D eigenvalue weighted by molar-refractivity contribution is -0.383. The summed E-state index contributed by atoms with van der Waals surface area (Å²) < 4.78 is 0. The number of pyridine rings is 1. The Morgan fingerprint density at radius 2 is 1.92 bits per heavy atom. The van der Waals surface area contributed by atoms with E-state index in [0.29, 0.717) is 10.9 Å². The van der Waals surface area contributed by atoms with E-state index in [1.165, 1.54) is 6.07 Å². The summed E-state index contributed by atoms with van der Waals surface area (Å²) in [6.07, 6.45) is 2.19. The van der Waals surface area contributed by atoms with E-state index in [-0.39, 0.29) is 16.8 Å². The number of hydrogen-bond acceptors (Lipinski definition) is 5. The molecule has 3 rings (SSSR count). The second kappa shape index (κ2) is 7.44. The van der Waals surface area contributed by atoms with E-state index < -0.39 is 0 Å². The minimum absolute atomic E-state index is 0.0135. The Bertz CT molecular complexity index is 910.